The summed E-state index contributed by atoms with van der Waals surface area (Å²) in [5, 5.41) is 0. The van der Waals surface area contributed by atoms with E-state index in [0.717, 1.165) is 11.2 Å². The quantitative estimate of drug-likeness (QED) is 0.559. The Balaban J connectivity index is 2.87. The van der Waals surface area contributed by atoms with E-state index >= 15 is 0 Å². The molecule has 0 aliphatic heterocycles. The number of aromatic nitrogens is 2. The van der Waals surface area contributed by atoms with Crippen LogP contribution in [0.3, 0.4) is 0 Å². The number of aryl methyl sites for hydroxylation is 1. The number of hydrogen-bond acceptors (Lipinski definition) is 1. The second kappa shape index (κ2) is 2.05. The highest BCUT2D eigenvalue weighted by Gasteiger charge is 1.98. The Kier molecular flexibility index (Phi) is 1.18. The van der Waals surface area contributed by atoms with Gasteiger partial charge in [0.05, 0.1) is 17.4 Å². The van der Waals surface area contributed by atoms with Crippen molar-refractivity contribution in [2.24, 2.45) is 0 Å². The lowest BCUT2D eigenvalue weighted by atomic mass is 10.5. The largest absolute Gasteiger partial charge is 0.290 e. The molecule has 0 N–H and O–H groups in total. The van der Waals surface area contributed by atoms with Gasteiger partial charge in [0.2, 0.25) is 0 Å². The number of halogens is 1. The Bertz CT molecular complexity index is 392. The van der Waals surface area contributed by atoms with Crippen molar-refractivity contribution >= 4 is 5.52 Å². The van der Waals surface area contributed by atoms with Crippen LogP contribution >= 0.6 is 0 Å². The molecule has 0 atom stereocenters. The first-order chi connectivity index (χ1) is 5.27. The second-order valence-corrected chi connectivity index (χ2v) is 2.48. The minimum Gasteiger partial charge on any atom is -0.290 e. The summed E-state index contributed by atoms with van der Waals surface area (Å²) in [6.45, 7) is 1.83. The highest BCUT2D eigenvalue weighted by Crippen LogP contribution is 2.07. The van der Waals surface area contributed by atoms with Gasteiger partial charge < -0.3 is 0 Å². The third-order valence-corrected chi connectivity index (χ3v) is 1.62. The summed E-state index contributed by atoms with van der Waals surface area (Å²) < 4.78 is 14.3. The Morgan fingerprint density at radius 3 is 3.09 bits per heavy atom. The van der Waals surface area contributed by atoms with Crippen molar-refractivity contribution in [3.63, 3.8) is 0 Å². The van der Waals surface area contributed by atoms with Crippen LogP contribution in [0.2, 0.25) is 0 Å². The maximum absolute atomic E-state index is 12.9. The van der Waals surface area contributed by atoms with Crippen LogP contribution in [-0.2, 0) is 0 Å². The van der Waals surface area contributed by atoms with Crippen LogP contribution in [0, 0.1) is 12.9 Å². The van der Waals surface area contributed by atoms with E-state index in [-0.39, 0.29) is 5.95 Å². The lowest BCUT2D eigenvalue weighted by molar-refractivity contribution is 0.572. The molecule has 0 aliphatic carbocycles. The Hall–Kier alpha value is -1.38. The molecule has 0 bridgehead atoms. The molecule has 2 nitrogen and oxygen atoms in total. The van der Waals surface area contributed by atoms with Gasteiger partial charge in [-0.15, -0.1) is 0 Å². The molecule has 2 rings (SSSR count). The molecule has 11 heavy (non-hydrogen) atoms. The lowest BCUT2D eigenvalue weighted by Crippen LogP contribution is -1.90. The molecule has 2 aromatic rings. The molecular formula is C8H7FN2. The zero-order chi connectivity index (χ0) is 7.84. The fourth-order valence-electron chi connectivity index (χ4n) is 1.07. The van der Waals surface area contributed by atoms with E-state index in [1.54, 1.807) is 18.5 Å². The minimum absolute atomic E-state index is 0.245. The summed E-state index contributed by atoms with van der Waals surface area (Å²) in [4.78, 5) is 4.03. The Labute approximate surface area is 63.3 Å². The minimum atomic E-state index is -0.245. The molecule has 0 unspecified atom stereocenters. The first-order valence-corrected chi connectivity index (χ1v) is 3.36. The van der Waals surface area contributed by atoms with E-state index in [4.69, 9.17) is 0 Å². The average Bonchev–Trinajstić information content (AvgIpc) is 2.33. The maximum atomic E-state index is 12.9. The predicted molar refractivity (Wildman–Crippen MR) is 39.9 cm³/mol. The molecule has 0 radical (unpaired) electrons. The Morgan fingerprint density at radius 2 is 2.27 bits per heavy atom. The lowest BCUT2D eigenvalue weighted by Gasteiger charge is -1.95. The fraction of sp³-hybridized carbons (Fsp3) is 0.125. The normalized spacial score (nSPS) is 10.7. The summed E-state index contributed by atoms with van der Waals surface area (Å²) in [5.74, 6) is -0.245. The second-order valence-electron chi connectivity index (χ2n) is 2.48. The summed E-state index contributed by atoms with van der Waals surface area (Å²) in [6, 6.07) is 3.12. The molecule has 0 saturated heterocycles. The molecule has 0 saturated carbocycles. The fourth-order valence-corrected chi connectivity index (χ4v) is 1.07. The zero-order valence-corrected chi connectivity index (χ0v) is 6.08. The van der Waals surface area contributed by atoms with E-state index < -0.39 is 0 Å². The first kappa shape index (κ1) is 6.34. The van der Waals surface area contributed by atoms with Gasteiger partial charge in [-0.1, -0.05) is 0 Å². The van der Waals surface area contributed by atoms with Gasteiger partial charge in [-0.2, -0.15) is 4.39 Å². The van der Waals surface area contributed by atoms with E-state index in [0.29, 0.717) is 0 Å². The van der Waals surface area contributed by atoms with E-state index in [1.165, 1.54) is 10.5 Å². The molecule has 2 heterocycles. The third-order valence-electron chi connectivity index (χ3n) is 1.62. The molecule has 56 valence electrons. The summed E-state index contributed by atoms with van der Waals surface area (Å²) >= 11 is 0. The maximum Gasteiger partial charge on any atom is 0.198 e. The van der Waals surface area contributed by atoms with Crippen LogP contribution in [0.25, 0.3) is 5.52 Å². The number of fused-ring (bicyclic) bond motifs is 1. The van der Waals surface area contributed by atoms with Crippen molar-refractivity contribution < 1.29 is 4.39 Å². The molecule has 0 spiro atoms. The number of hydrogen-bond donors (Lipinski definition) is 0. The van der Waals surface area contributed by atoms with Gasteiger partial charge in [0.25, 0.3) is 0 Å². The highest BCUT2D eigenvalue weighted by atomic mass is 19.1. The standard InChI is InChI=1S/C8H7FN2/c1-6-5-11-7(4-10-6)2-3-8(11)9/h2-5H,1H3. The molecule has 3 heteroatoms. The van der Waals surface area contributed by atoms with E-state index in [9.17, 15) is 4.39 Å². The summed E-state index contributed by atoms with van der Waals surface area (Å²) in [5.41, 5.74) is 1.60. The van der Waals surface area contributed by atoms with Gasteiger partial charge in [0, 0.05) is 6.20 Å². The van der Waals surface area contributed by atoms with Crippen molar-refractivity contribution in [3.05, 3.63) is 36.2 Å². The van der Waals surface area contributed by atoms with Gasteiger partial charge in [-0.3, -0.25) is 9.38 Å². The molecule has 0 aliphatic rings. The summed E-state index contributed by atoms with van der Waals surface area (Å²) in [7, 11) is 0. The third kappa shape index (κ3) is 0.888. The smallest absolute Gasteiger partial charge is 0.198 e. The zero-order valence-electron chi connectivity index (χ0n) is 6.08. The topological polar surface area (TPSA) is 17.3 Å². The van der Waals surface area contributed by atoms with Crippen molar-refractivity contribution in [2.75, 3.05) is 0 Å². The van der Waals surface area contributed by atoms with Crippen LogP contribution in [0.4, 0.5) is 4.39 Å². The van der Waals surface area contributed by atoms with Crippen LogP contribution in [0.15, 0.2) is 24.5 Å². The van der Waals surface area contributed by atoms with E-state index in [2.05, 4.69) is 4.98 Å². The van der Waals surface area contributed by atoms with Crippen LogP contribution in [0.1, 0.15) is 5.69 Å². The SMILES string of the molecule is Cc1cn2c(F)ccc2cn1. The Morgan fingerprint density at radius 1 is 1.45 bits per heavy atom. The molecular weight excluding hydrogens is 143 g/mol. The monoisotopic (exact) mass is 150 g/mol. The van der Waals surface area contributed by atoms with Gasteiger partial charge >= 0.3 is 0 Å². The van der Waals surface area contributed by atoms with Gasteiger partial charge in [-0.05, 0) is 19.1 Å². The van der Waals surface area contributed by atoms with Crippen LogP contribution in [0.5, 0.6) is 0 Å². The predicted octanol–water partition coefficient (Wildman–Crippen LogP) is 1.78. The highest BCUT2D eigenvalue weighted by molar-refractivity contribution is 5.45. The van der Waals surface area contributed by atoms with Gasteiger partial charge in [0.15, 0.2) is 5.95 Å². The van der Waals surface area contributed by atoms with Crippen LogP contribution in [-0.4, -0.2) is 9.38 Å². The van der Waals surface area contributed by atoms with Crippen LogP contribution < -0.4 is 0 Å². The van der Waals surface area contributed by atoms with Gasteiger partial charge in [0.1, 0.15) is 0 Å². The number of rotatable bonds is 0. The molecule has 0 fully saturated rings. The van der Waals surface area contributed by atoms with Crippen molar-refractivity contribution in [3.8, 4) is 0 Å². The summed E-state index contributed by atoms with van der Waals surface area (Å²) in [6.07, 6.45) is 3.32. The first-order valence-electron chi connectivity index (χ1n) is 3.36. The number of nitrogens with zero attached hydrogens (tertiary/aromatic N) is 2. The van der Waals surface area contributed by atoms with Crippen molar-refractivity contribution in [1.82, 2.24) is 9.38 Å². The average molecular weight is 150 g/mol. The van der Waals surface area contributed by atoms with Crippen molar-refractivity contribution in [2.45, 2.75) is 6.92 Å². The molecule has 2 aromatic heterocycles. The van der Waals surface area contributed by atoms with E-state index in [1.807, 2.05) is 6.92 Å². The molecule has 0 aromatic carbocycles. The van der Waals surface area contributed by atoms with Crippen molar-refractivity contribution in [1.29, 1.82) is 0 Å². The molecule has 0 amide bonds. The van der Waals surface area contributed by atoms with Gasteiger partial charge in [-0.25, -0.2) is 0 Å².